The molecule has 0 aliphatic heterocycles. The Hall–Kier alpha value is -2.17. The van der Waals surface area contributed by atoms with Crippen molar-refractivity contribution < 1.29 is 9.18 Å². The largest absolute Gasteiger partial charge is 0.349 e. The summed E-state index contributed by atoms with van der Waals surface area (Å²) in [4.78, 5) is 12.6. The van der Waals surface area contributed by atoms with Crippen molar-refractivity contribution >= 4 is 5.91 Å². The van der Waals surface area contributed by atoms with Gasteiger partial charge < -0.3 is 5.32 Å². The zero-order valence-corrected chi connectivity index (χ0v) is 14.8. The van der Waals surface area contributed by atoms with E-state index in [0.717, 1.165) is 24.2 Å². The van der Waals surface area contributed by atoms with Gasteiger partial charge in [-0.25, -0.2) is 9.07 Å². The number of carbonyl (C=O) groups is 1. The van der Waals surface area contributed by atoms with Crippen LogP contribution in [0.1, 0.15) is 56.6 Å². The predicted octanol–water partition coefficient (Wildman–Crippen LogP) is 4.13. The lowest BCUT2D eigenvalue weighted by Crippen LogP contribution is -2.33. The molecule has 5 heteroatoms. The van der Waals surface area contributed by atoms with E-state index in [1.54, 1.807) is 23.0 Å². The summed E-state index contributed by atoms with van der Waals surface area (Å²) in [5.74, 6) is 0.231. The highest BCUT2D eigenvalue weighted by atomic mass is 19.1. The van der Waals surface area contributed by atoms with Gasteiger partial charge in [-0.1, -0.05) is 20.8 Å². The summed E-state index contributed by atoms with van der Waals surface area (Å²) in [6.07, 6.45) is 4.29. The summed E-state index contributed by atoms with van der Waals surface area (Å²) in [6, 6.07) is 6.23. The first-order valence-electron chi connectivity index (χ1n) is 8.56. The van der Waals surface area contributed by atoms with Crippen LogP contribution >= 0.6 is 0 Å². The van der Waals surface area contributed by atoms with Gasteiger partial charge >= 0.3 is 0 Å². The fourth-order valence-electron chi connectivity index (χ4n) is 2.67. The number of amides is 1. The standard InChI is InChI=1S/C19H26FN3O/c1-5-18-17(19(24)22-14(4)7-6-13(2)3)12-21-23(18)16-10-8-15(20)9-11-16/h8-14H,5-7H2,1-4H3,(H,22,24)/t14-/m0/s1. The summed E-state index contributed by atoms with van der Waals surface area (Å²) < 4.78 is 14.8. The zero-order valence-electron chi connectivity index (χ0n) is 14.8. The second-order valence-corrected chi connectivity index (χ2v) is 6.59. The molecule has 0 aliphatic carbocycles. The Labute approximate surface area is 143 Å². The maximum atomic E-state index is 13.1. The third kappa shape index (κ3) is 4.43. The average molecular weight is 331 g/mol. The summed E-state index contributed by atoms with van der Waals surface area (Å²) >= 11 is 0. The average Bonchev–Trinajstić information content (AvgIpc) is 2.97. The van der Waals surface area contributed by atoms with Crippen LogP contribution in [0.25, 0.3) is 5.69 Å². The van der Waals surface area contributed by atoms with Crippen molar-refractivity contribution in [1.82, 2.24) is 15.1 Å². The van der Waals surface area contributed by atoms with Crippen LogP contribution in [0.3, 0.4) is 0 Å². The summed E-state index contributed by atoms with van der Waals surface area (Å²) in [5.41, 5.74) is 2.16. The molecule has 0 saturated heterocycles. The maximum Gasteiger partial charge on any atom is 0.254 e. The number of nitrogens with zero attached hydrogens (tertiary/aromatic N) is 2. The van der Waals surface area contributed by atoms with Crippen molar-refractivity contribution in [3.05, 3.63) is 47.5 Å². The number of hydrogen-bond donors (Lipinski definition) is 1. The second-order valence-electron chi connectivity index (χ2n) is 6.59. The first-order valence-corrected chi connectivity index (χ1v) is 8.56. The molecule has 0 radical (unpaired) electrons. The first kappa shape index (κ1) is 18.2. The molecule has 0 aliphatic rings. The number of hydrogen-bond acceptors (Lipinski definition) is 2. The van der Waals surface area contributed by atoms with Crippen LogP contribution < -0.4 is 5.32 Å². The molecule has 1 heterocycles. The topological polar surface area (TPSA) is 46.9 Å². The molecule has 1 amide bonds. The molecule has 0 saturated carbocycles. The molecule has 4 nitrogen and oxygen atoms in total. The summed E-state index contributed by atoms with van der Waals surface area (Å²) in [6.45, 7) is 8.36. The second kappa shape index (κ2) is 8.08. The molecule has 1 aromatic heterocycles. The van der Waals surface area contributed by atoms with Crippen molar-refractivity contribution in [2.45, 2.75) is 53.0 Å². The van der Waals surface area contributed by atoms with Crippen LogP contribution in [-0.4, -0.2) is 21.7 Å². The monoisotopic (exact) mass is 331 g/mol. The molecule has 0 bridgehead atoms. The normalized spacial score (nSPS) is 12.4. The van der Waals surface area contributed by atoms with E-state index < -0.39 is 0 Å². The lowest BCUT2D eigenvalue weighted by Gasteiger charge is -2.15. The highest BCUT2D eigenvalue weighted by Crippen LogP contribution is 2.17. The number of rotatable bonds is 7. The van der Waals surface area contributed by atoms with Crippen molar-refractivity contribution in [1.29, 1.82) is 0 Å². The molecule has 2 rings (SSSR count). The highest BCUT2D eigenvalue weighted by Gasteiger charge is 2.18. The van der Waals surface area contributed by atoms with Gasteiger partial charge in [0.2, 0.25) is 0 Å². The van der Waals surface area contributed by atoms with Gasteiger partial charge in [0.25, 0.3) is 5.91 Å². The molecule has 130 valence electrons. The summed E-state index contributed by atoms with van der Waals surface area (Å²) in [5, 5.41) is 7.37. The van der Waals surface area contributed by atoms with Gasteiger partial charge in [-0.15, -0.1) is 0 Å². The molecule has 1 N–H and O–H groups in total. The SMILES string of the molecule is CCc1c(C(=O)N[C@@H](C)CCC(C)C)cnn1-c1ccc(F)cc1. The Morgan fingerprint density at radius 3 is 2.46 bits per heavy atom. The van der Waals surface area contributed by atoms with Gasteiger partial charge in [0.15, 0.2) is 0 Å². The van der Waals surface area contributed by atoms with Gasteiger partial charge in [0.05, 0.1) is 23.1 Å². The van der Waals surface area contributed by atoms with Gasteiger partial charge in [-0.05, 0) is 56.4 Å². The Morgan fingerprint density at radius 2 is 1.88 bits per heavy atom. The van der Waals surface area contributed by atoms with Gasteiger partial charge in [0.1, 0.15) is 5.82 Å². The molecule has 0 unspecified atom stereocenters. The van der Waals surface area contributed by atoms with E-state index in [-0.39, 0.29) is 17.8 Å². The Balaban J connectivity index is 2.16. The Morgan fingerprint density at radius 1 is 1.21 bits per heavy atom. The lowest BCUT2D eigenvalue weighted by molar-refractivity contribution is 0.0936. The van der Waals surface area contributed by atoms with Crippen LogP contribution in [0.5, 0.6) is 0 Å². The van der Waals surface area contributed by atoms with Gasteiger partial charge in [0, 0.05) is 6.04 Å². The van der Waals surface area contributed by atoms with Crippen LogP contribution in [-0.2, 0) is 6.42 Å². The quantitative estimate of drug-likeness (QED) is 0.829. The number of aromatic nitrogens is 2. The zero-order chi connectivity index (χ0) is 17.7. The van der Waals surface area contributed by atoms with E-state index in [4.69, 9.17) is 0 Å². The summed E-state index contributed by atoms with van der Waals surface area (Å²) in [7, 11) is 0. The predicted molar refractivity (Wildman–Crippen MR) is 93.9 cm³/mol. The van der Waals surface area contributed by atoms with E-state index >= 15 is 0 Å². The highest BCUT2D eigenvalue weighted by molar-refractivity contribution is 5.95. The smallest absolute Gasteiger partial charge is 0.254 e. The van der Waals surface area contributed by atoms with Gasteiger partial charge in [-0.3, -0.25) is 4.79 Å². The van der Waals surface area contributed by atoms with Crippen molar-refractivity contribution in [2.75, 3.05) is 0 Å². The first-order chi connectivity index (χ1) is 11.4. The minimum atomic E-state index is -0.291. The fourth-order valence-corrected chi connectivity index (χ4v) is 2.67. The van der Waals surface area contributed by atoms with E-state index in [9.17, 15) is 9.18 Å². The number of nitrogens with one attached hydrogen (secondary N) is 1. The van der Waals surface area contributed by atoms with Crippen LogP contribution in [0.2, 0.25) is 0 Å². The molecule has 2 aromatic rings. The van der Waals surface area contributed by atoms with Crippen LogP contribution in [0, 0.1) is 11.7 Å². The number of carbonyl (C=O) groups excluding carboxylic acids is 1. The molecule has 1 atom stereocenters. The molecular formula is C19H26FN3O. The van der Waals surface area contributed by atoms with E-state index in [1.165, 1.54) is 12.1 Å². The minimum Gasteiger partial charge on any atom is -0.349 e. The Bertz CT molecular complexity index is 676. The third-order valence-corrected chi connectivity index (χ3v) is 4.07. The van der Waals surface area contributed by atoms with E-state index in [1.807, 2.05) is 13.8 Å². The van der Waals surface area contributed by atoms with Gasteiger partial charge in [-0.2, -0.15) is 5.10 Å². The van der Waals surface area contributed by atoms with E-state index in [0.29, 0.717) is 17.9 Å². The van der Waals surface area contributed by atoms with Crippen LogP contribution in [0.4, 0.5) is 4.39 Å². The maximum absolute atomic E-state index is 13.1. The molecule has 0 spiro atoms. The molecular weight excluding hydrogens is 305 g/mol. The van der Waals surface area contributed by atoms with Crippen molar-refractivity contribution in [3.63, 3.8) is 0 Å². The lowest BCUT2D eigenvalue weighted by atomic mass is 10.0. The Kier molecular flexibility index (Phi) is 6.12. The molecule has 0 fully saturated rings. The fraction of sp³-hybridized carbons (Fsp3) is 0.474. The number of benzene rings is 1. The van der Waals surface area contributed by atoms with E-state index in [2.05, 4.69) is 24.3 Å². The number of halogens is 1. The van der Waals surface area contributed by atoms with Crippen molar-refractivity contribution in [3.8, 4) is 5.69 Å². The van der Waals surface area contributed by atoms with Crippen molar-refractivity contribution in [2.24, 2.45) is 5.92 Å². The van der Waals surface area contributed by atoms with Crippen LogP contribution in [0.15, 0.2) is 30.5 Å². The molecule has 24 heavy (non-hydrogen) atoms. The molecule has 1 aromatic carbocycles. The third-order valence-electron chi connectivity index (χ3n) is 4.07. The minimum absolute atomic E-state index is 0.100.